The second-order valence-corrected chi connectivity index (χ2v) is 6.38. The number of carbonyl (C=O) groups excluding carboxylic acids is 1. The molecule has 0 atom stereocenters. The van der Waals surface area contributed by atoms with Crippen LogP contribution in [-0.4, -0.2) is 24.4 Å². The fourth-order valence-corrected chi connectivity index (χ4v) is 3.56. The van der Waals surface area contributed by atoms with Gasteiger partial charge in [-0.05, 0) is 31.6 Å². The number of amides is 1. The molecular weight excluding hydrogens is 248 g/mol. The molecule has 1 rings (SSSR count). The molecular formula is C17H30N2O. The lowest BCUT2D eigenvalue weighted by Gasteiger charge is -2.33. The van der Waals surface area contributed by atoms with E-state index in [1.54, 1.807) is 0 Å². The summed E-state index contributed by atoms with van der Waals surface area (Å²) in [5.74, 6) is 0.687. The Morgan fingerprint density at radius 2 is 1.75 bits per heavy atom. The summed E-state index contributed by atoms with van der Waals surface area (Å²) < 4.78 is 0. The van der Waals surface area contributed by atoms with Crippen molar-refractivity contribution >= 4 is 5.91 Å². The van der Waals surface area contributed by atoms with Gasteiger partial charge in [0.1, 0.15) is 5.41 Å². The number of hydrogen-bond donors (Lipinski definition) is 0. The summed E-state index contributed by atoms with van der Waals surface area (Å²) in [5.41, 5.74) is -0.785. The van der Waals surface area contributed by atoms with Crippen molar-refractivity contribution in [2.45, 2.75) is 71.6 Å². The van der Waals surface area contributed by atoms with Crippen LogP contribution in [0.15, 0.2) is 0 Å². The Morgan fingerprint density at radius 3 is 2.20 bits per heavy atom. The molecule has 0 aliphatic heterocycles. The maximum atomic E-state index is 12.8. The molecule has 3 heteroatoms. The summed E-state index contributed by atoms with van der Waals surface area (Å²) in [6.07, 6.45) is 9.53. The molecule has 3 nitrogen and oxygen atoms in total. The van der Waals surface area contributed by atoms with E-state index in [0.29, 0.717) is 18.8 Å². The van der Waals surface area contributed by atoms with Crippen molar-refractivity contribution < 1.29 is 4.79 Å². The second-order valence-electron chi connectivity index (χ2n) is 6.38. The molecule has 0 aromatic heterocycles. The first-order chi connectivity index (χ1) is 9.59. The average Bonchev–Trinajstić information content (AvgIpc) is 2.47. The number of nitrogens with zero attached hydrogens (tertiary/aromatic N) is 2. The van der Waals surface area contributed by atoms with Crippen LogP contribution in [0.5, 0.6) is 0 Å². The first-order valence-electron chi connectivity index (χ1n) is 8.26. The lowest BCUT2D eigenvalue weighted by atomic mass is 9.79. The van der Waals surface area contributed by atoms with Crippen molar-refractivity contribution in [2.24, 2.45) is 11.3 Å². The van der Waals surface area contributed by atoms with Gasteiger partial charge in [0.05, 0.1) is 6.07 Å². The molecule has 1 amide bonds. The van der Waals surface area contributed by atoms with E-state index in [9.17, 15) is 10.1 Å². The Bertz CT molecular complexity index is 333. The molecule has 0 radical (unpaired) electrons. The van der Waals surface area contributed by atoms with E-state index in [-0.39, 0.29) is 5.91 Å². The monoisotopic (exact) mass is 278 g/mol. The minimum Gasteiger partial charge on any atom is -0.344 e. The smallest absolute Gasteiger partial charge is 0.242 e. The van der Waals surface area contributed by atoms with Gasteiger partial charge in [-0.1, -0.05) is 46.0 Å². The molecule has 0 bridgehead atoms. The van der Waals surface area contributed by atoms with Crippen LogP contribution in [0.3, 0.4) is 0 Å². The van der Waals surface area contributed by atoms with E-state index >= 15 is 0 Å². The summed E-state index contributed by atoms with van der Waals surface area (Å²) in [4.78, 5) is 14.6. The van der Waals surface area contributed by atoms with Crippen LogP contribution in [0.1, 0.15) is 71.6 Å². The van der Waals surface area contributed by atoms with Crippen LogP contribution < -0.4 is 0 Å². The molecule has 0 N–H and O–H groups in total. The minimum atomic E-state index is -0.785. The molecule has 1 saturated carbocycles. The molecule has 1 aliphatic carbocycles. The Morgan fingerprint density at radius 1 is 1.20 bits per heavy atom. The highest BCUT2D eigenvalue weighted by atomic mass is 16.2. The summed E-state index contributed by atoms with van der Waals surface area (Å²) in [6.45, 7) is 4.93. The first-order valence-corrected chi connectivity index (χ1v) is 8.26. The first kappa shape index (κ1) is 17.0. The lowest BCUT2D eigenvalue weighted by Crippen LogP contribution is -2.43. The Kier molecular flexibility index (Phi) is 7.05. The molecule has 0 saturated heterocycles. The summed E-state index contributed by atoms with van der Waals surface area (Å²) in [5, 5.41) is 9.57. The van der Waals surface area contributed by atoms with Gasteiger partial charge in [-0.3, -0.25) is 4.79 Å². The summed E-state index contributed by atoms with van der Waals surface area (Å²) >= 11 is 0. The maximum absolute atomic E-state index is 12.8. The highest BCUT2D eigenvalue weighted by Crippen LogP contribution is 2.32. The van der Waals surface area contributed by atoms with Crippen molar-refractivity contribution in [3.63, 3.8) is 0 Å². The fraction of sp³-hybridized carbons (Fsp3) is 0.882. The van der Waals surface area contributed by atoms with E-state index in [1.165, 1.54) is 32.1 Å². The molecule has 0 aromatic rings. The fourth-order valence-electron chi connectivity index (χ4n) is 3.56. The third-order valence-electron chi connectivity index (χ3n) is 4.58. The van der Waals surface area contributed by atoms with Crippen molar-refractivity contribution in [3.05, 3.63) is 0 Å². The number of nitriles is 1. The van der Waals surface area contributed by atoms with E-state index in [1.807, 2.05) is 11.9 Å². The number of hydrogen-bond acceptors (Lipinski definition) is 2. The molecule has 20 heavy (non-hydrogen) atoms. The zero-order chi connectivity index (χ0) is 15.0. The lowest BCUT2D eigenvalue weighted by molar-refractivity contribution is -0.139. The zero-order valence-electron chi connectivity index (χ0n) is 13.5. The van der Waals surface area contributed by atoms with Crippen LogP contribution >= 0.6 is 0 Å². The predicted octanol–water partition coefficient (Wildman–Crippen LogP) is 4.14. The van der Waals surface area contributed by atoms with Crippen molar-refractivity contribution in [3.8, 4) is 6.07 Å². The van der Waals surface area contributed by atoms with Crippen LogP contribution in [0.25, 0.3) is 0 Å². The van der Waals surface area contributed by atoms with Gasteiger partial charge in [0.15, 0.2) is 0 Å². The van der Waals surface area contributed by atoms with Gasteiger partial charge in [0.2, 0.25) is 5.91 Å². The van der Waals surface area contributed by atoms with E-state index in [4.69, 9.17) is 0 Å². The van der Waals surface area contributed by atoms with Gasteiger partial charge in [-0.15, -0.1) is 0 Å². The van der Waals surface area contributed by atoms with Crippen LogP contribution in [0.4, 0.5) is 0 Å². The zero-order valence-corrected chi connectivity index (χ0v) is 13.5. The molecule has 114 valence electrons. The normalized spacial score (nSPS) is 16.7. The third kappa shape index (κ3) is 4.23. The maximum Gasteiger partial charge on any atom is 0.242 e. The molecule has 1 aliphatic rings. The summed E-state index contributed by atoms with van der Waals surface area (Å²) in [6, 6.07) is 2.34. The third-order valence-corrected chi connectivity index (χ3v) is 4.58. The van der Waals surface area contributed by atoms with Crippen LogP contribution in [0.2, 0.25) is 0 Å². The highest BCUT2D eigenvalue weighted by molar-refractivity contribution is 5.85. The van der Waals surface area contributed by atoms with Crippen molar-refractivity contribution in [2.75, 3.05) is 13.6 Å². The van der Waals surface area contributed by atoms with E-state index < -0.39 is 5.41 Å². The minimum absolute atomic E-state index is 0.0503. The quantitative estimate of drug-likeness (QED) is 0.702. The second kappa shape index (κ2) is 8.29. The van der Waals surface area contributed by atoms with Gasteiger partial charge in [0.25, 0.3) is 0 Å². The molecule has 0 aromatic carbocycles. The molecule has 1 fully saturated rings. The van der Waals surface area contributed by atoms with E-state index in [2.05, 4.69) is 19.9 Å². The number of rotatable bonds is 7. The molecule has 0 heterocycles. The average molecular weight is 278 g/mol. The Labute approximate surface area is 124 Å². The highest BCUT2D eigenvalue weighted by Gasteiger charge is 2.39. The Hall–Kier alpha value is -1.04. The molecule has 0 spiro atoms. The van der Waals surface area contributed by atoms with Gasteiger partial charge in [-0.25, -0.2) is 0 Å². The van der Waals surface area contributed by atoms with Crippen LogP contribution in [-0.2, 0) is 4.79 Å². The van der Waals surface area contributed by atoms with Crippen LogP contribution in [0, 0.1) is 22.7 Å². The Balaban J connectivity index is 2.69. The number of carbonyl (C=O) groups is 1. The molecule has 0 unspecified atom stereocenters. The summed E-state index contributed by atoms with van der Waals surface area (Å²) in [7, 11) is 1.88. The van der Waals surface area contributed by atoms with Crippen molar-refractivity contribution in [1.29, 1.82) is 5.26 Å². The predicted molar refractivity (Wildman–Crippen MR) is 82.1 cm³/mol. The van der Waals surface area contributed by atoms with Gasteiger partial charge < -0.3 is 4.90 Å². The van der Waals surface area contributed by atoms with Crippen molar-refractivity contribution in [1.82, 2.24) is 4.90 Å². The van der Waals surface area contributed by atoms with Gasteiger partial charge >= 0.3 is 0 Å². The van der Waals surface area contributed by atoms with Gasteiger partial charge in [-0.2, -0.15) is 5.26 Å². The standard InChI is InChI=1S/C17H30N2O/c1-4-11-17(14-18,12-5-2)16(20)19(3)13-15-9-7-6-8-10-15/h15H,4-13H2,1-3H3. The van der Waals surface area contributed by atoms with E-state index in [0.717, 1.165) is 19.4 Å². The topological polar surface area (TPSA) is 44.1 Å². The largest absolute Gasteiger partial charge is 0.344 e. The SMILES string of the molecule is CCCC(C#N)(CCC)C(=O)N(C)CC1CCCCC1. The van der Waals surface area contributed by atoms with Gasteiger partial charge in [0, 0.05) is 13.6 Å².